The number of benzene rings is 1. The van der Waals surface area contributed by atoms with Crippen LogP contribution in [0.5, 0.6) is 0 Å². The smallest absolute Gasteiger partial charge is 0.273 e. The number of fused-ring (bicyclic) bond motifs is 1. The number of β-amino-alcohol motifs (C(OH)–C–C–N with tert-alkyl or cyclic N) is 1. The van der Waals surface area contributed by atoms with Crippen molar-refractivity contribution < 1.29 is 18.3 Å². The average Bonchev–Trinajstić information content (AvgIpc) is 3.62. The van der Waals surface area contributed by atoms with Gasteiger partial charge in [0.2, 0.25) is 0 Å². The van der Waals surface area contributed by atoms with Gasteiger partial charge >= 0.3 is 0 Å². The van der Waals surface area contributed by atoms with E-state index in [4.69, 9.17) is 9.72 Å². The fourth-order valence-corrected chi connectivity index (χ4v) is 8.38. The number of allylic oxidation sites excluding steroid dienone is 1. The minimum atomic E-state index is -3.70. The summed E-state index contributed by atoms with van der Waals surface area (Å²) < 4.78 is 34.5. The number of likely N-dealkylation sites (tertiary alicyclic amines) is 1. The number of aliphatic hydroxyl groups is 1. The fourth-order valence-electron chi connectivity index (χ4n) is 4.83. The van der Waals surface area contributed by atoms with E-state index < -0.39 is 10.0 Å². The topological polar surface area (TPSA) is 83.0 Å². The number of nitrogens with zero attached hydrogens (tertiary/aromatic N) is 3. The molecule has 1 unspecified atom stereocenters. The molecule has 0 spiro atoms. The maximum atomic E-state index is 13.6. The summed E-state index contributed by atoms with van der Waals surface area (Å²) in [5.41, 5.74) is 3.83. The van der Waals surface area contributed by atoms with Gasteiger partial charge in [-0.25, -0.2) is 13.4 Å². The van der Waals surface area contributed by atoms with Crippen LogP contribution in [0.1, 0.15) is 40.8 Å². The fraction of sp³-hybridized carbons (Fsp3) is 0.423. The second-order valence-electron chi connectivity index (χ2n) is 9.06. The molecule has 5 rings (SSSR count). The number of hydrogen-bond acceptors (Lipinski definition) is 8. The first-order valence-corrected chi connectivity index (χ1v) is 15.4. The van der Waals surface area contributed by atoms with Gasteiger partial charge in [-0.05, 0) is 66.6 Å². The second-order valence-corrected chi connectivity index (χ2v) is 13.2. The van der Waals surface area contributed by atoms with Crippen molar-refractivity contribution in [3.63, 3.8) is 0 Å². The monoisotopic (exact) mass is 545 g/mol. The maximum absolute atomic E-state index is 13.6. The van der Waals surface area contributed by atoms with Crippen LogP contribution in [-0.2, 0) is 27.7 Å². The molecule has 1 aliphatic carbocycles. The van der Waals surface area contributed by atoms with Crippen LogP contribution < -0.4 is 4.31 Å². The molecule has 0 radical (unpaired) electrons. The zero-order valence-electron chi connectivity index (χ0n) is 20.3. The number of hydrogen-bond donors (Lipinski definition) is 1. The van der Waals surface area contributed by atoms with Crippen molar-refractivity contribution in [3.05, 3.63) is 62.9 Å². The minimum absolute atomic E-state index is 0.243. The molecule has 1 atom stereocenters. The lowest BCUT2D eigenvalue weighted by Gasteiger charge is -2.29. The SMILES string of the molecule is CCOCCN(c1cccc2c1CC(c1ncc(CN3CCCC(O)C3)s1)=C2)S(=O)(=O)c1cccs1. The van der Waals surface area contributed by atoms with Crippen LogP contribution in [-0.4, -0.2) is 62.4 Å². The summed E-state index contributed by atoms with van der Waals surface area (Å²) in [4.78, 5) is 8.16. The Hall–Kier alpha value is -2.08. The third-order valence-corrected chi connectivity index (χ3v) is 10.8. The number of rotatable bonds is 10. The first-order valence-electron chi connectivity index (χ1n) is 12.3. The largest absolute Gasteiger partial charge is 0.392 e. The molecule has 0 saturated carbocycles. The highest BCUT2D eigenvalue weighted by molar-refractivity contribution is 7.94. The lowest BCUT2D eigenvalue weighted by atomic mass is 10.1. The molecule has 1 aliphatic heterocycles. The van der Waals surface area contributed by atoms with E-state index in [0.29, 0.717) is 36.1 Å². The van der Waals surface area contributed by atoms with E-state index >= 15 is 0 Å². The van der Waals surface area contributed by atoms with Crippen molar-refractivity contribution in [2.75, 3.05) is 37.2 Å². The highest BCUT2D eigenvalue weighted by atomic mass is 32.2. The number of thiazole rings is 1. The van der Waals surface area contributed by atoms with E-state index in [9.17, 15) is 13.5 Å². The van der Waals surface area contributed by atoms with E-state index in [2.05, 4.69) is 11.0 Å². The van der Waals surface area contributed by atoms with Gasteiger partial charge in [-0.1, -0.05) is 18.2 Å². The summed E-state index contributed by atoms with van der Waals surface area (Å²) in [6.45, 7) is 5.52. The highest BCUT2D eigenvalue weighted by Gasteiger charge is 2.30. The van der Waals surface area contributed by atoms with Crippen LogP contribution in [0.2, 0.25) is 0 Å². The maximum Gasteiger partial charge on any atom is 0.273 e. The van der Waals surface area contributed by atoms with E-state index in [-0.39, 0.29) is 12.6 Å². The van der Waals surface area contributed by atoms with Gasteiger partial charge < -0.3 is 9.84 Å². The third kappa shape index (κ3) is 5.44. The second kappa shape index (κ2) is 11.1. The first-order chi connectivity index (χ1) is 17.5. The summed E-state index contributed by atoms with van der Waals surface area (Å²) >= 11 is 2.91. The number of aliphatic hydroxyl groups excluding tert-OH is 1. The molecule has 36 heavy (non-hydrogen) atoms. The van der Waals surface area contributed by atoms with Gasteiger partial charge in [0.1, 0.15) is 9.22 Å². The third-order valence-electron chi connectivity index (χ3n) is 6.52. The molecule has 1 fully saturated rings. The normalized spacial score (nSPS) is 18.3. The minimum Gasteiger partial charge on any atom is -0.392 e. The van der Waals surface area contributed by atoms with Crippen LogP contribution in [0, 0.1) is 0 Å². The summed E-state index contributed by atoms with van der Waals surface area (Å²) in [5, 5.41) is 12.7. The molecule has 7 nitrogen and oxygen atoms in total. The number of thiophene rings is 1. The molecule has 3 aromatic rings. The summed E-state index contributed by atoms with van der Waals surface area (Å²) in [7, 11) is -3.70. The molecule has 1 saturated heterocycles. The standard InChI is InChI=1S/C26H31N3O4S3/c1-2-33-12-11-29(36(31,32)25-9-5-13-34-25)24-8-3-6-19-14-20(15-23(19)24)26-27-16-22(35-26)18-28-10-4-7-21(30)17-28/h3,5-6,8-9,13-14,16,21,30H,2,4,7,10-12,15,17-18H2,1H3. The van der Waals surface area contributed by atoms with E-state index in [1.165, 1.54) is 20.5 Å². The lowest BCUT2D eigenvalue weighted by Crippen LogP contribution is -2.37. The number of ether oxygens (including phenoxy) is 1. The van der Waals surface area contributed by atoms with Crippen molar-refractivity contribution in [2.45, 2.75) is 43.0 Å². The van der Waals surface area contributed by atoms with Crippen LogP contribution >= 0.6 is 22.7 Å². The molecular weight excluding hydrogens is 515 g/mol. The van der Waals surface area contributed by atoms with Crippen molar-refractivity contribution in [2.24, 2.45) is 0 Å². The molecule has 3 heterocycles. The Bertz CT molecular complexity index is 1320. The Labute approximate surface area is 220 Å². The van der Waals surface area contributed by atoms with Crippen molar-refractivity contribution in [3.8, 4) is 0 Å². The predicted octanol–water partition coefficient (Wildman–Crippen LogP) is 4.49. The van der Waals surface area contributed by atoms with Gasteiger partial charge in [0, 0.05) is 37.2 Å². The van der Waals surface area contributed by atoms with Gasteiger partial charge in [0.05, 0.1) is 24.9 Å². The van der Waals surface area contributed by atoms with E-state index in [0.717, 1.165) is 47.6 Å². The van der Waals surface area contributed by atoms with Crippen LogP contribution in [0.3, 0.4) is 0 Å². The summed E-state index contributed by atoms with van der Waals surface area (Å²) in [5.74, 6) is 0. The Kier molecular flexibility index (Phi) is 7.90. The van der Waals surface area contributed by atoms with Gasteiger partial charge in [0.15, 0.2) is 0 Å². The Morgan fingerprint density at radius 3 is 2.94 bits per heavy atom. The molecule has 2 aromatic heterocycles. The molecule has 1 N–H and O–H groups in total. The average molecular weight is 546 g/mol. The molecular formula is C26H31N3O4S3. The summed E-state index contributed by atoms with van der Waals surface area (Å²) in [6.07, 6.45) is 6.34. The zero-order valence-corrected chi connectivity index (χ0v) is 22.7. The molecule has 1 aromatic carbocycles. The van der Waals surface area contributed by atoms with Crippen LogP contribution in [0.4, 0.5) is 5.69 Å². The van der Waals surface area contributed by atoms with Crippen LogP contribution in [0.25, 0.3) is 11.6 Å². The number of anilines is 1. The lowest BCUT2D eigenvalue weighted by molar-refractivity contribution is 0.0673. The van der Waals surface area contributed by atoms with Gasteiger partial charge in [-0.3, -0.25) is 9.21 Å². The quantitative estimate of drug-likeness (QED) is 0.378. The van der Waals surface area contributed by atoms with E-state index in [1.807, 2.05) is 31.3 Å². The van der Waals surface area contributed by atoms with Crippen molar-refractivity contribution in [1.82, 2.24) is 9.88 Å². The zero-order chi connectivity index (χ0) is 25.1. The Morgan fingerprint density at radius 1 is 1.28 bits per heavy atom. The number of sulfonamides is 1. The summed E-state index contributed by atoms with van der Waals surface area (Å²) in [6, 6.07) is 9.26. The van der Waals surface area contributed by atoms with Gasteiger partial charge in [-0.15, -0.1) is 22.7 Å². The first kappa shape index (κ1) is 25.6. The number of piperidine rings is 1. The molecule has 0 bridgehead atoms. The van der Waals surface area contributed by atoms with Crippen LogP contribution in [0.15, 0.2) is 46.1 Å². The molecule has 2 aliphatic rings. The van der Waals surface area contributed by atoms with Crippen molar-refractivity contribution in [1.29, 1.82) is 0 Å². The van der Waals surface area contributed by atoms with Gasteiger partial charge in [-0.2, -0.15) is 0 Å². The van der Waals surface area contributed by atoms with Gasteiger partial charge in [0.25, 0.3) is 10.0 Å². The Balaban J connectivity index is 1.38. The van der Waals surface area contributed by atoms with Crippen molar-refractivity contribution >= 4 is 50.0 Å². The van der Waals surface area contributed by atoms with E-state index in [1.54, 1.807) is 28.8 Å². The number of aromatic nitrogens is 1. The molecule has 10 heteroatoms. The Morgan fingerprint density at radius 2 is 2.17 bits per heavy atom. The molecule has 0 amide bonds. The molecule has 192 valence electrons. The highest BCUT2D eigenvalue weighted by Crippen LogP contribution is 2.40. The predicted molar refractivity (Wildman–Crippen MR) is 146 cm³/mol.